The average Bonchev–Trinajstić information content (AvgIpc) is 3.93. The molecule has 0 saturated carbocycles. The zero-order chi connectivity index (χ0) is 51.6. The highest BCUT2D eigenvalue weighted by Crippen LogP contribution is 2.35. The normalized spacial score (nSPS) is 10.3. The molecule has 0 aliphatic carbocycles. The second-order valence-corrected chi connectivity index (χ2v) is 15.1. The maximum atomic E-state index is 13.0. The van der Waals surface area contributed by atoms with Crippen molar-refractivity contribution in [2.24, 2.45) is 11.8 Å². The molecule has 0 atom stereocenters. The van der Waals surface area contributed by atoms with Crippen molar-refractivity contribution >= 4 is 69.8 Å². The Balaban J connectivity index is 0.000000400. The van der Waals surface area contributed by atoms with Crippen molar-refractivity contribution in [1.29, 1.82) is 10.5 Å². The van der Waals surface area contributed by atoms with Gasteiger partial charge in [-0.25, -0.2) is 18.6 Å². The van der Waals surface area contributed by atoms with Crippen molar-refractivity contribution in [3.05, 3.63) is 118 Å². The number of carbonyl (C=O) groups is 6. The smallest absolute Gasteiger partial charge is 0.340 e. The fourth-order valence-electron chi connectivity index (χ4n) is 7.11. The molecule has 0 bridgehead atoms. The van der Waals surface area contributed by atoms with E-state index in [0.717, 1.165) is 0 Å². The van der Waals surface area contributed by atoms with Crippen molar-refractivity contribution < 1.29 is 61.9 Å². The van der Waals surface area contributed by atoms with Gasteiger partial charge in [0.2, 0.25) is 0 Å². The molecule has 6 rings (SSSR count). The number of benzene rings is 2. The van der Waals surface area contributed by atoms with Crippen LogP contribution in [0.5, 0.6) is 11.5 Å². The topological polar surface area (TPSA) is 261 Å². The van der Waals surface area contributed by atoms with E-state index in [0.29, 0.717) is 28.4 Å². The van der Waals surface area contributed by atoms with Gasteiger partial charge >= 0.3 is 35.8 Å². The van der Waals surface area contributed by atoms with Gasteiger partial charge in [-0.3, -0.25) is 19.2 Å². The molecule has 0 amide bonds. The fourth-order valence-corrected chi connectivity index (χ4v) is 7.40. The number of esters is 6. The van der Waals surface area contributed by atoms with Crippen LogP contribution in [0.25, 0.3) is 11.0 Å². The maximum Gasteiger partial charge on any atom is 0.340 e. The van der Waals surface area contributed by atoms with E-state index in [1.807, 2.05) is 36.4 Å². The third-order valence-corrected chi connectivity index (χ3v) is 10.6. The lowest BCUT2D eigenvalue weighted by molar-refractivity contribution is -0.163. The number of nitriles is 2. The predicted molar refractivity (Wildman–Crippen MR) is 267 cm³/mol. The molecular formula is C52H58ClN7O13. The molecule has 386 valence electrons. The highest BCUT2D eigenvalue weighted by atomic mass is 35.5. The van der Waals surface area contributed by atoms with Gasteiger partial charge < -0.3 is 38.5 Å². The van der Waals surface area contributed by atoms with Crippen LogP contribution in [0.1, 0.15) is 99.4 Å². The minimum Gasteiger partial charge on any atom is -0.465 e. The van der Waals surface area contributed by atoms with Crippen LogP contribution in [0.3, 0.4) is 0 Å². The number of nitrogens with zero attached hydrogens (tertiary/aromatic N) is 6. The zero-order valence-electron chi connectivity index (χ0n) is 39.7. The van der Waals surface area contributed by atoms with Crippen molar-refractivity contribution in [3.8, 4) is 23.6 Å². The van der Waals surface area contributed by atoms with Crippen LogP contribution in [0.4, 0.5) is 11.4 Å². The maximum absolute atomic E-state index is 13.0. The number of anilines is 2. The van der Waals surface area contributed by atoms with Crippen molar-refractivity contribution in [2.75, 3.05) is 45.0 Å². The van der Waals surface area contributed by atoms with Gasteiger partial charge in [0.25, 0.3) is 0 Å². The van der Waals surface area contributed by atoms with Crippen LogP contribution in [0, 0.1) is 34.5 Å². The van der Waals surface area contributed by atoms with E-state index in [-0.39, 0.29) is 111 Å². The summed E-state index contributed by atoms with van der Waals surface area (Å²) < 4.78 is 39.2. The first-order valence-corrected chi connectivity index (χ1v) is 22.8. The Morgan fingerprint density at radius 1 is 0.575 bits per heavy atom. The Bertz CT molecular complexity index is 2940. The molecule has 0 unspecified atom stereocenters. The summed E-state index contributed by atoms with van der Waals surface area (Å²) in [5, 5.41) is 30.9. The lowest BCUT2D eigenvalue weighted by atomic mass is 9.96. The number of carbonyl (C=O) groups excluding carboxylic acids is 6. The number of ether oxygens (including phenoxy) is 7. The Kier molecular flexibility index (Phi) is 22.9. The van der Waals surface area contributed by atoms with Crippen molar-refractivity contribution in [1.82, 2.24) is 19.2 Å². The number of hydrogen-bond acceptors (Lipinski definition) is 18. The van der Waals surface area contributed by atoms with E-state index >= 15 is 0 Å². The number of para-hydroxylation sites is 1. The van der Waals surface area contributed by atoms with Gasteiger partial charge in [-0.1, -0.05) is 44.7 Å². The molecule has 0 radical (unpaired) electrons. The molecule has 73 heavy (non-hydrogen) atoms. The number of aromatic nitrogens is 4. The van der Waals surface area contributed by atoms with Crippen LogP contribution in [-0.2, 0) is 60.4 Å². The molecule has 21 heteroatoms. The molecule has 6 aromatic rings. The Morgan fingerprint density at radius 2 is 0.973 bits per heavy atom. The summed E-state index contributed by atoms with van der Waals surface area (Å²) in [6.45, 7) is 10.2. The first-order chi connectivity index (χ1) is 34.3. The monoisotopic (exact) mass is 1020 g/mol. The van der Waals surface area contributed by atoms with Gasteiger partial charge in [0.1, 0.15) is 23.6 Å². The quantitative estimate of drug-likeness (QED) is 0.0425. The summed E-state index contributed by atoms with van der Waals surface area (Å²) in [6, 6.07) is 20.4. The SMILES string of the molecule is C.C.CCOC(=O)c1cn2ncc(C#N)c(Cl)c2c1CC(C(=O)OCC)C(=O)OCC.CCOC(=O)c1cn2ncc(C#N)c(Nc3ccc(Oc4ccccc4)cc3)c2c1CC(C(=O)OCC)C(=O)OCC. The van der Waals surface area contributed by atoms with Gasteiger partial charge in [-0.15, -0.1) is 0 Å². The third kappa shape index (κ3) is 14.3. The van der Waals surface area contributed by atoms with Gasteiger partial charge in [0, 0.05) is 18.1 Å². The predicted octanol–water partition coefficient (Wildman–Crippen LogP) is 8.80. The summed E-state index contributed by atoms with van der Waals surface area (Å²) in [7, 11) is 0. The molecule has 4 heterocycles. The number of hydrogen-bond donors (Lipinski definition) is 1. The molecule has 20 nitrogen and oxygen atoms in total. The zero-order valence-corrected chi connectivity index (χ0v) is 40.4. The number of nitrogens with one attached hydrogen (secondary N) is 1. The molecule has 0 spiro atoms. The van der Waals surface area contributed by atoms with Crippen LogP contribution in [-0.4, -0.2) is 94.7 Å². The summed E-state index contributed by atoms with van der Waals surface area (Å²) in [4.78, 5) is 76.0. The van der Waals surface area contributed by atoms with Crippen LogP contribution in [0.2, 0.25) is 5.02 Å². The third-order valence-electron chi connectivity index (χ3n) is 10.2. The lowest BCUT2D eigenvalue weighted by Gasteiger charge is -2.16. The molecular weight excluding hydrogens is 966 g/mol. The van der Waals surface area contributed by atoms with Gasteiger partial charge in [0.05, 0.1) is 96.0 Å². The average molecular weight is 1020 g/mol. The van der Waals surface area contributed by atoms with E-state index in [2.05, 4.69) is 21.6 Å². The number of rotatable bonds is 20. The standard InChI is InChI=1S/C31H30N4O7.C19H20ClN3O6.2CH4/c1-4-39-29(36)25(30(37)40-5-2)16-24-26(31(38)41-6-3)19-35-28(24)27(20(17-32)18-33-35)34-21-12-14-23(15-13-21)42-22-10-8-7-9-11-22;1-4-27-17(24)13(18(25)28-5-2)7-12-14(19(26)29-6-3)10-23-16(12)15(20)11(8-21)9-22-23;;/h7-15,18-19,25,34H,4-6,16H2,1-3H3;9-10,13H,4-7H2,1-3H3;2*1H4. The summed E-state index contributed by atoms with van der Waals surface area (Å²) >= 11 is 6.34. The Morgan fingerprint density at radius 3 is 1.40 bits per heavy atom. The molecule has 1 N–H and O–H groups in total. The summed E-state index contributed by atoms with van der Waals surface area (Å²) in [6.07, 6.45) is 4.94. The lowest BCUT2D eigenvalue weighted by Crippen LogP contribution is -2.30. The van der Waals surface area contributed by atoms with Crippen molar-refractivity contribution in [3.63, 3.8) is 0 Å². The molecule has 4 aromatic heterocycles. The second-order valence-electron chi connectivity index (χ2n) is 14.7. The first kappa shape index (κ1) is 58.8. The summed E-state index contributed by atoms with van der Waals surface area (Å²) in [5.74, 6) is -5.91. The van der Waals surface area contributed by atoms with Crippen molar-refractivity contribution in [2.45, 2.75) is 69.2 Å². The molecule has 0 aliphatic rings. The Hall–Kier alpha value is -8.49. The number of halogens is 1. The Labute approximate surface area is 427 Å². The largest absolute Gasteiger partial charge is 0.465 e. The molecule has 2 aromatic carbocycles. The summed E-state index contributed by atoms with van der Waals surface area (Å²) in [5.41, 5.74) is 2.41. The minimum absolute atomic E-state index is 0. The van der Waals surface area contributed by atoms with Crippen LogP contribution in [0.15, 0.2) is 79.4 Å². The molecule has 0 fully saturated rings. The van der Waals surface area contributed by atoms with Crippen LogP contribution < -0.4 is 10.1 Å². The van der Waals surface area contributed by atoms with E-state index < -0.39 is 47.7 Å². The molecule has 0 aliphatic heterocycles. The highest BCUT2D eigenvalue weighted by molar-refractivity contribution is 6.35. The van der Waals surface area contributed by atoms with E-state index in [1.165, 1.54) is 33.8 Å². The minimum atomic E-state index is -1.36. The van der Waals surface area contributed by atoms with E-state index in [1.54, 1.807) is 65.8 Å². The fraction of sp³-hybridized carbons (Fsp3) is 0.346. The first-order valence-electron chi connectivity index (χ1n) is 22.4. The van der Waals surface area contributed by atoms with E-state index in [9.17, 15) is 39.3 Å². The highest BCUT2D eigenvalue weighted by Gasteiger charge is 2.36. The number of fused-ring (bicyclic) bond motifs is 2. The van der Waals surface area contributed by atoms with Crippen LogP contribution >= 0.6 is 11.6 Å². The van der Waals surface area contributed by atoms with Gasteiger partial charge in [0.15, 0.2) is 11.8 Å². The second kappa shape index (κ2) is 28.4. The van der Waals surface area contributed by atoms with Gasteiger partial charge in [-0.05, 0) is 102 Å². The van der Waals surface area contributed by atoms with E-state index in [4.69, 9.17) is 44.8 Å². The van der Waals surface area contributed by atoms with Gasteiger partial charge in [-0.2, -0.15) is 20.7 Å². The molecule has 0 saturated heterocycles.